The molecule has 1 saturated heterocycles. The molecule has 1 aliphatic rings. The van der Waals surface area contributed by atoms with Gasteiger partial charge in [-0.05, 0) is 25.5 Å². The van der Waals surface area contributed by atoms with E-state index in [0.717, 1.165) is 35.7 Å². The molecule has 0 radical (unpaired) electrons. The minimum Gasteiger partial charge on any atom is -0.409 e. The van der Waals surface area contributed by atoms with Crippen LogP contribution in [0.2, 0.25) is 0 Å². The Hall–Kier alpha value is -1.36. The first-order chi connectivity index (χ1) is 9.15. The van der Waals surface area contributed by atoms with Crippen LogP contribution in [0.5, 0.6) is 0 Å². The topological polar surface area (TPSA) is 61.8 Å². The average molecular weight is 279 g/mol. The van der Waals surface area contributed by atoms with Crippen molar-refractivity contribution in [1.82, 2.24) is 0 Å². The van der Waals surface area contributed by atoms with Crippen molar-refractivity contribution in [3.63, 3.8) is 0 Å². The molecule has 1 heterocycles. The molecule has 1 atom stereocenters. The predicted octanol–water partition coefficient (Wildman–Crippen LogP) is 2.42. The van der Waals surface area contributed by atoms with Crippen LogP contribution in [0, 0.1) is 6.92 Å². The lowest BCUT2D eigenvalue weighted by atomic mass is 10.1. The maximum atomic E-state index is 8.94. The summed E-state index contributed by atoms with van der Waals surface area (Å²) in [5, 5.41) is 12.8. The average Bonchev–Trinajstić information content (AvgIpc) is 2.46. The van der Waals surface area contributed by atoms with Crippen molar-refractivity contribution in [2.24, 2.45) is 10.9 Å². The lowest BCUT2D eigenvalue weighted by Crippen LogP contribution is -2.38. The number of amidine groups is 1. The van der Waals surface area contributed by atoms with Crippen LogP contribution in [0.3, 0.4) is 0 Å². The molecule has 1 aromatic rings. The van der Waals surface area contributed by atoms with Crippen molar-refractivity contribution in [2.75, 3.05) is 23.7 Å². The van der Waals surface area contributed by atoms with Crippen molar-refractivity contribution in [1.29, 1.82) is 0 Å². The highest BCUT2D eigenvalue weighted by Gasteiger charge is 2.22. The number of anilines is 1. The van der Waals surface area contributed by atoms with Crippen LogP contribution >= 0.6 is 11.8 Å². The van der Waals surface area contributed by atoms with E-state index >= 15 is 0 Å². The van der Waals surface area contributed by atoms with E-state index in [1.54, 1.807) is 0 Å². The number of hydrogen-bond acceptors (Lipinski definition) is 4. The zero-order valence-corrected chi connectivity index (χ0v) is 12.3. The van der Waals surface area contributed by atoms with E-state index in [9.17, 15) is 0 Å². The Morgan fingerprint density at radius 1 is 1.58 bits per heavy atom. The normalized spacial score (nSPS) is 20.6. The van der Waals surface area contributed by atoms with Crippen LogP contribution in [0.25, 0.3) is 0 Å². The second kappa shape index (κ2) is 6.19. The van der Waals surface area contributed by atoms with E-state index in [1.165, 1.54) is 6.42 Å². The van der Waals surface area contributed by atoms with Gasteiger partial charge in [0.25, 0.3) is 0 Å². The Morgan fingerprint density at radius 3 is 3.05 bits per heavy atom. The van der Waals surface area contributed by atoms with Crippen molar-refractivity contribution >= 4 is 23.3 Å². The Labute approximate surface area is 118 Å². The smallest absolute Gasteiger partial charge is 0.172 e. The summed E-state index contributed by atoms with van der Waals surface area (Å²) in [5.41, 5.74) is 8.81. The van der Waals surface area contributed by atoms with Crippen molar-refractivity contribution in [3.05, 3.63) is 29.3 Å². The number of aryl methyl sites for hydroxylation is 1. The number of benzene rings is 1. The van der Waals surface area contributed by atoms with E-state index in [4.69, 9.17) is 10.9 Å². The lowest BCUT2D eigenvalue weighted by molar-refractivity contribution is 0.318. The molecule has 0 aromatic heterocycles. The first-order valence-corrected chi connectivity index (χ1v) is 7.65. The number of thioether (sulfide) groups is 1. The molecule has 3 N–H and O–H groups in total. The molecule has 2 rings (SSSR count). The summed E-state index contributed by atoms with van der Waals surface area (Å²) in [6.45, 7) is 6.27. The van der Waals surface area contributed by atoms with Crippen LogP contribution in [0.4, 0.5) is 5.69 Å². The van der Waals surface area contributed by atoms with Crippen molar-refractivity contribution in [2.45, 2.75) is 25.5 Å². The van der Waals surface area contributed by atoms with Crippen LogP contribution in [0.1, 0.15) is 24.5 Å². The number of hydrogen-bond donors (Lipinski definition) is 2. The molecule has 5 heteroatoms. The van der Waals surface area contributed by atoms with Crippen LogP contribution < -0.4 is 10.6 Å². The minimum absolute atomic E-state index is 0.185. The molecule has 0 bridgehead atoms. The molecule has 1 unspecified atom stereocenters. The molecule has 0 amide bonds. The second-order valence-corrected chi connectivity index (χ2v) is 6.26. The van der Waals surface area contributed by atoms with Crippen LogP contribution in [-0.4, -0.2) is 35.1 Å². The van der Waals surface area contributed by atoms with Crippen LogP contribution in [-0.2, 0) is 0 Å². The number of oxime groups is 1. The molecule has 104 valence electrons. The van der Waals surface area contributed by atoms with Gasteiger partial charge in [0.15, 0.2) is 5.84 Å². The molecule has 1 fully saturated rings. The molecule has 0 saturated carbocycles. The monoisotopic (exact) mass is 279 g/mol. The fourth-order valence-corrected chi connectivity index (χ4v) is 3.55. The van der Waals surface area contributed by atoms with E-state index in [2.05, 4.69) is 29.1 Å². The third kappa shape index (κ3) is 3.15. The summed E-state index contributed by atoms with van der Waals surface area (Å²) in [7, 11) is 0. The van der Waals surface area contributed by atoms with E-state index in [-0.39, 0.29) is 5.84 Å². The van der Waals surface area contributed by atoms with Gasteiger partial charge in [-0.2, -0.15) is 11.8 Å². The maximum absolute atomic E-state index is 8.94. The summed E-state index contributed by atoms with van der Waals surface area (Å²) in [4.78, 5) is 2.34. The molecule has 1 aromatic carbocycles. The molecule has 4 nitrogen and oxygen atoms in total. The van der Waals surface area contributed by atoms with Gasteiger partial charge in [-0.3, -0.25) is 0 Å². The number of rotatable bonds is 3. The molecule has 0 aliphatic carbocycles. The lowest BCUT2D eigenvalue weighted by Gasteiger charge is -2.34. The second-order valence-electron chi connectivity index (χ2n) is 4.85. The largest absolute Gasteiger partial charge is 0.409 e. The van der Waals surface area contributed by atoms with Crippen LogP contribution in [0.15, 0.2) is 23.4 Å². The summed E-state index contributed by atoms with van der Waals surface area (Å²) in [6, 6.07) is 6.13. The zero-order valence-electron chi connectivity index (χ0n) is 11.5. The van der Waals surface area contributed by atoms with Gasteiger partial charge >= 0.3 is 0 Å². The van der Waals surface area contributed by atoms with Gasteiger partial charge in [-0.25, -0.2) is 0 Å². The molecule has 1 aliphatic heterocycles. The predicted molar refractivity (Wildman–Crippen MR) is 82.4 cm³/mol. The van der Waals surface area contributed by atoms with Crippen molar-refractivity contribution < 1.29 is 5.21 Å². The standard InChI is InChI=1S/C14H21N3OS/c1-3-11-9-17(6-7-19-11)13-5-4-10(2)8-12(13)14(15)16-18/h4-5,8,11,18H,3,6-7,9H2,1-2H3,(H2,15,16). The third-order valence-corrected chi connectivity index (χ3v) is 4.84. The highest BCUT2D eigenvalue weighted by Crippen LogP contribution is 2.28. The van der Waals surface area contributed by atoms with Gasteiger partial charge in [0.1, 0.15) is 0 Å². The zero-order chi connectivity index (χ0) is 13.8. The van der Waals surface area contributed by atoms with Gasteiger partial charge in [0.2, 0.25) is 0 Å². The Morgan fingerprint density at radius 2 is 2.37 bits per heavy atom. The quantitative estimate of drug-likeness (QED) is 0.386. The van der Waals surface area contributed by atoms with Gasteiger partial charge in [-0.15, -0.1) is 0 Å². The SMILES string of the molecule is CCC1CN(c2ccc(C)cc2/C(N)=N/O)CCS1. The van der Waals surface area contributed by atoms with E-state index < -0.39 is 0 Å². The molecule has 0 spiro atoms. The van der Waals surface area contributed by atoms with Gasteiger partial charge in [0.05, 0.1) is 0 Å². The summed E-state index contributed by atoms with van der Waals surface area (Å²) in [5.74, 6) is 1.31. The van der Waals surface area contributed by atoms with E-state index in [0.29, 0.717) is 5.25 Å². The van der Waals surface area contributed by atoms with Gasteiger partial charge in [0, 0.05) is 35.3 Å². The summed E-state index contributed by atoms with van der Waals surface area (Å²) >= 11 is 2.03. The maximum Gasteiger partial charge on any atom is 0.172 e. The Kier molecular flexibility index (Phi) is 4.58. The first kappa shape index (κ1) is 14.1. The summed E-state index contributed by atoms with van der Waals surface area (Å²) < 4.78 is 0. The van der Waals surface area contributed by atoms with Gasteiger partial charge < -0.3 is 15.8 Å². The summed E-state index contributed by atoms with van der Waals surface area (Å²) in [6.07, 6.45) is 1.17. The minimum atomic E-state index is 0.185. The number of nitrogens with zero attached hydrogens (tertiary/aromatic N) is 2. The fourth-order valence-electron chi connectivity index (χ4n) is 2.37. The van der Waals surface area contributed by atoms with Gasteiger partial charge in [-0.1, -0.05) is 23.7 Å². The third-order valence-electron chi connectivity index (χ3n) is 3.47. The molecular weight excluding hydrogens is 258 g/mol. The first-order valence-electron chi connectivity index (χ1n) is 6.60. The highest BCUT2D eigenvalue weighted by molar-refractivity contribution is 8.00. The Bertz CT molecular complexity index is 476. The fraction of sp³-hybridized carbons (Fsp3) is 0.500. The van der Waals surface area contributed by atoms with Crippen molar-refractivity contribution in [3.8, 4) is 0 Å². The number of nitrogens with two attached hydrogens (primary N) is 1. The Balaban J connectivity index is 2.33. The van der Waals surface area contributed by atoms with E-state index in [1.807, 2.05) is 24.8 Å². The highest BCUT2D eigenvalue weighted by atomic mass is 32.2. The molecule has 19 heavy (non-hydrogen) atoms. The molecular formula is C14H21N3OS.